The summed E-state index contributed by atoms with van der Waals surface area (Å²) in [5, 5.41) is 0. The molecule has 0 saturated carbocycles. The second-order valence-electron chi connectivity index (χ2n) is 4.22. The average molecular weight is 228 g/mol. The van der Waals surface area contributed by atoms with Crippen molar-refractivity contribution in [3.05, 3.63) is 54.1 Å². The lowest BCUT2D eigenvalue weighted by Gasteiger charge is -2.01. The molecule has 1 heterocycles. The average Bonchev–Trinajstić information content (AvgIpc) is 2.75. The van der Waals surface area contributed by atoms with Crippen LogP contribution in [-0.2, 0) is 17.8 Å². The van der Waals surface area contributed by atoms with Crippen molar-refractivity contribution in [1.29, 1.82) is 0 Å². The van der Waals surface area contributed by atoms with Gasteiger partial charge in [0.15, 0.2) is 0 Å². The fourth-order valence-electron chi connectivity index (χ4n) is 1.72. The number of aryl methyl sites for hydroxylation is 1. The Morgan fingerprint density at radius 2 is 2.06 bits per heavy atom. The standard InChI is InChI=1S/C14H16N2O/c1-12(17)7-8-14-10-16(11-15-14)9-13-5-3-2-4-6-13/h2-6,10-11H,7-9H2,1H3. The first-order valence-electron chi connectivity index (χ1n) is 5.78. The molecule has 3 heteroatoms. The van der Waals surface area contributed by atoms with E-state index in [0.29, 0.717) is 6.42 Å². The van der Waals surface area contributed by atoms with Gasteiger partial charge >= 0.3 is 0 Å². The van der Waals surface area contributed by atoms with Gasteiger partial charge in [-0.15, -0.1) is 0 Å². The van der Waals surface area contributed by atoms with Crippen molar-refractivity contribution in [1.82, 2.24) is 9.55 Å². The normalized spacial score (nSPS) is 10.4. The van der Waals surface area contributed by atoms with Gasteiger partial charge in [-0.2, -0.15) is 0 Å². The molecular formula is C14H16N2O. The summed E-state index contributed by atoms with van der Waals surface area (Å²) in [6, 6.07) is 10.3. The Kier molecular flexibility index (Phi) is 3.70. The van der Waals surface area contributed by atoms with Crippen LogP contribution in [0.1, 0.15) is 24.6 Å². The minimum absolute atomic E-state index is 0.211. The van der Waals surface area contributed by atoms with Crippen molar-refractivity contribution in [3.8, 4) is 0 Å². The number of Topliss-reactive ketones (excluding diaryl/α,β-unsaturated/α-hetero) is 1. The molecule has 0 aliphatic carbocycles. The highest BCUT2D eigenvalue weighted by atomic mass is 16.1. The lowest BCUT2D eigenvalue weighted by Crippen LogP contribution is -1.96. The monoisotopic (exact) mass is 228 g/mol. The van der Waals surface area contributed by atoms with Gasteiger partial charge in [0.1, 0.15) is 5.78 Å². The quantitative estimate of drug-likeness (QED) is 0.788. The Balaban J connectivity index is 1.97. The highest BCUT2D eigenvalue weighted by Crippen LogP contribution is 2.05. The molecule has 0 atom stereocenters. The topological polar surface area (TPSA) is 34.9 Å². The summed E-state index contributed by atoms with van der Waals surface area (Å²) < 4.78 is 2.05. The molecule has 2 aromatic rings. The molecule has 0 aliphatic rings. The number of benzene rings is 1. The number of nitrogens with zero attached hydrogens (tertiary/aromatic N) is 2. The molecule has 17 heavy (non-hydrogen) atoms. The third-order valence-corrected chi connectivity index (χ3v) is 2.63. The summed E-state index contributed by atoms with van der Waals surface area (Å²) in [6.07, 6.45) is 5.14. The molecule has 0 aliphatic heterocycles. The smallest absolute Gasteiger partial charge is 0.130 e. The van der Waals surface area contributed by atoms with E-state index in [4.69, 9.17) is 0 Å². The first-order valence-corrected chi connectivity index (χ1v) is 5.78. The highest BCUT2D eigenvalue weighted by Gasteiger charge is 2.01. The number of ketones is 1. The summed E-state index contributed by atoms with van der Waals surface area (Å²) in [7, 11) is 0. The van der Waals surface area contributed by atoms with Gasteiger partial charge in [-0.25, -0.2) is 4.98 Å². The maximum Gasteiger partial charge on any atom is 0.130 e. The predicted molar refractivity (Wildman–Crippen MR) is 66.8 cm³/mol. The minimum Gasteiger partial charge on any atom is -0.333 e. The van der Waals surface area contributed by atoms with Crippen LogP contribution in [0.2, 0.25) is 0 Å². The first-order chi connectivity index (χ1) is 8.24. The van der Waals surface area contributed by atoms with Crippen LogP contribution in [0.5, 0.6) is 0 Å². The molecule has 0 spiro atoms. The van der Waals surface area contributed by atoms with Crippen molar-refractivity contribution in [2.24, 2.45) is 0 Å². The largest absolute Gasteiger partial charge is 0.333 e. The van der Waals surface area contributed by atoms with Crippen molar-refractivity contribution in [3.63, 3.8) is 0 Å². The molecule has 1 aromatic carbocycles. The second kappa shape index (κ2) is 5.43. The molecule has 0 fully saturated rings. The summed E-state index contributed by atoms with van der Waals surface area (Å²) >= 11 is 0. The van der Waals surface area contributed by atoms with Gasteiger partial charge in [-0.05, 0) is 18.9 Å². The van der Waals surface area contributed by atoms with Crippen LogP contribution >= 0.6 is 0 Å². The summed E-state index contributed by atoms with van der Waals surface area (Å²) in [5.41, 5.74) is 2.24. The molecule has 0 bridgehead atoms. The summed E-state index contributed by atoms with van der Waals surface area (Å²) in [6.45, 7) is 2.44. The maximum absolute atomic E-state index is 10.9. The molecule has 88 valence electrons. The van der Waals surface area contributed by atoms with Gasteiger partial charge in [-0.3, -0.25) is 0 Å². The number of carbonyl (C=O) groups excluding carboxylic acids is 1. The van der Waals surface area contributed by atoms with E-state index in [1.54, 1.807) is 6.92 Å². The fourth-order valence-corrected chi connectivity index (χ4v) is 1.72. The second-order valence-corrected chi connectivity index (χ2v) is 4.22. The molecule has 0 amide bonds. The zero-order valence-corrected chi connectivity index (χ0v) is 9.97. The number of hydrogen-bond donors (Lipinski definition) is 0. The van der Waals surface area contributed by atoms with Crippen molar-refractivity contribution >= 4 is 5.78 Å². The van der Waals surface area contributed by atoms with E-state index in [1.165, 1.54) is 5.56 Å². The molecule has 0 unspecified atom stereocenters. The van der Waals surface area contributed by atoms with E-state index in [1.807, 2.05) is 35.3 Å². The van der Waals surface area contributed by atoms with Gasteiger partial charge in [-0.1, -0.05) is 30.3 Å². The summed E-state index contributed by atoms with van der Waals surface area (Å²) in [5.74, 6) is 0.211. The zero-order valence-electron chi connectivity index (χ0n) is 9.97. The van der Waals surface area contributed by atoms with E-state index in [9.17, 15) is 4.79 Å². The van der Waals surface area contributed by atoms with Crippen LogP contribution in [0.4, 0.5) is 0 Å². The Hall–Kier alpha value is -1.90. The van der Waals surface area contributed by atoms with E-state index in [2.05, 4.69) is 17.1 Å². The molecule has 1 aromatic heterocycles. The summed E-state index contributed by atoms with van der Waals surface area (Å²) in [4.78, 5) is 15.2. The van der Waals surface area contributed by atoms with E-state index >= 15 is 0 Å². The molecule has 2 rings (SSSR count). The molecule has 0 radical (unpaired) electrons. The Bertz CT molecular complexity index is 488. The number of imidazole rings is 1. The van der Waals surface area contributed by atoms with Crippen LogP contribution in [0, 0.1) is 0 Å². The molecule has 0 N–H and O–H groups in total. The Morgan fingerprint density at radius 3 is 2.76 bits per heavy atom. The third kappa shape index (κ3) is 3.55. The lowest BCUT2D eigenvalue weighted by molar-refractivity contribution is -0.116. The van der Waals surface area contributed by atoms with Gasteiger partial charge in [0.2, 0.25) is 0 Å². The van der Waals surface area contributed by atoms with Gasteiger partial charge in [0.05, 0.1) is 12.0 Å². The third-order valence-electron chi connectivity index (χ3n) is 2.63. The van der Waals surface area contributed by atoms with Crippen molar-refractivity contribution in [2.75, 3.05) is 0 Å². The van der Waals surface area contributed by atoms with Crippen LogP contribution in [0.15, 0.2) is 42.9 Å². The highest BCUT2D eigenvalue weighted by molar-refractivity contribution is 5.75. The first kappa shape index (κ1) is 11.6. The van der Waals surface area contributed by atoms with Gasteiger partial charge < -0.3 is 9.36 Å². The van der Waals surface area contributed by atoms with Crippen LogP contribution in [0.25, 0.3) is 0 Å². The van der Waals surface area contributed by atoms with Crippen molar-refractivity contribution in [2.45, 2.75) is 26.3 Å². The molecular weight excluding hydrogens is 212 g/mol. The van der Waals surface area contributed by atoms with Crippen LogP contribution in [0.3, 0.4) is 0 Å². The van der Waals surface area contributed by atoms with E-state index < -0.39 is 0 Å². The Morgan fingerprint density at radius 1 is 1.29 bits per heavy atom. The van der Waals surface area contributed by atoms with Gasteiger partial charge in [0.25, 0.3) is 0 Å². The molecule has 0 saturated heterocycles. The number of hydrogen-bond acceptors (Lipinski definition) is 2. The van der Waals surface area contributed by atoms with E-state index in [-0.39, 0.29) is 5.78 Å². The number of rotatable bonds is 5. The molecule has 3 nitrogen and oxygen atoms in total. The number of aromatic nitrogens is 2. The maximum atomic E-state index is 10.9. The predicted octanol–water partition coefficient (Wildman–Crippen LogP) is 2.45. The Labute approximate surface area is 101 Å². The van der Waals surface area contributed by atoms with E-state index in [0.717, 1.165) is 18.7 Å². The van der Waals surface area contributed by atoms with Crippen LogP contribution < -0.4 is 0 Å². The lowest BCUT2D eigenvalue weighted by atomic mass is 10.2. The zero-order chi connectivity index (χ0) is 12.1. The SMILES string of the molecule is CC(=O)CCc1cn(Cc2ccccc2)cn1. The minimum atomic E-state index is 0.211. The van der Waals surface area contributed by atoms with Crippen LogP contribution in [-0.4, -0.2) is 15.3 Å². The fraction of sp³-hybridized carbons (Fsp3) is 0.286. The van der Waals surface area contributed by atoms with Crippen molar-refractivity contribution < 1.29 is 4.79 Å². The number of carbonyl (C=O) groups is 1. The van der Waals surface area contributed by atoms with Gasteiger partial charge in [0, 0.05) is 19.2 Å².